The Kier molecular flexibility index (Phi) is 10.2. The maximum atomic E-state index is 14.3. The van der Waals surface area contributed by atoms with Gasteiger partial charge in [-0.25, -0.2) is 4.39 Å². The zero-order valence-corrected chi connectivity index (χ0v) is 31.6. The summed E-state index contributed by atoms with van der Waals surface area (Å²) in [6, 6.07) is 37.6. The van der Waals surface area contributed by atoms with Crippen LogP contribution in [-0.4, -0.2) is 18.0 Å². The zero-order chi connectivity index (χ0) is 33.3. The fourth-order valence-corrected chi connectivity index (χ4v) is 8.67. The van der Waals surface area contributed by atoms with Gasteiger partial charge in [-0.1, -0.05) is 92.5 Å². The van der Waals surface area contributed by atoms with Gasteiger partial charge in [0.05, 0.1) is 8.07 Å². The van der Waals surface area contributed by atoms with Gasteiger partial charge in [0.1, 0.15) is 5.82 Å². The molecule has 47 heavy (non-hydrogen) atoms. The van der Waals surface area contributed by atoms with Crippen LogP contribution in [0.15, 0.2) is 109 Å². The van der Waals surface area contributed by atoms with Crippen molar-refractivity contribution in [3.8, 4) is 33.6 Å². The molecule has 3 aromatic heterocycles. The molecular formula is C41H37FIrN2SSi-2. The monoisotopic (exact) mass is 830 g/mol. The molecule has 6 heteroatoms. The molecule has 0 aliphatic carbocycles. The first-order valence-electron chi connectivity index (χ1n) is 15.9. The van der Waals surface area contributed by atoms with Crippen molar-refractivity contribution in [3.63, 3.8) is 0 Å². The van der Waals surface area contributed by atoms with Crippen LogP contribution in [0, 0.1) is 24.9 Å². The molecule has 0 saturated carbocycles. The number of benzene rings is 4. The van der Waals surface area contributed by atoms with E-state index in [1.807, 2.05) is 62.4 Å². The van der Waals surface area contributed by atoms with Gasteiger partial charge in [-0.05, 0) is 63.2 Å². The van der Waals surface area contributed by atoms with Gasteiger partial charge < -0.3 is 9.97 Å². The number of halogens is 1. The third-order valence-electron chi connectivity index (χ3n) is 8.12. The van der Waals surface area contributed by atoms with Crippen LogP contribution in [0.4, 0.5) is 4.39 Å². The number of fused-ring (bicyclic) bond motifs is 3. The van der Waals surface area contributed by atoms with E-state index in [9.17, 15) is 4.39 Å². The largest absolute Gasteiger partial charge is 0.305 e. The van der Waals surface area contributed by atoms with Crippen LogP contribution in [-0.2, 0) is 20.1 Å². The molecular weight excluding hydrogens is 792 g/mol. The van der Waals surface area contributed by atoms with Gasteiger partial charge in [0.2, 0.25) is 0 Å². The fourth-order valence-electron chi connectivity index (χ4n) is 5.71. The Bertz CT molecular complexity index is 2200. The molecule has 0 aliphatic rings. The Hall–Kier alpha value is -3.80. The van der Waals surface area contributed by atoms with Gasteiger partial charge in [-0.2, -0.15) is 11.3 Å². The molecule has 0 amide bonds. The summed E-state index contributed by atoms with van der Waals surface area (Å²) in [4.78, 5) is 9.14. The van der Waals surface area contributed by atoms with E-state index in [-0.39, 0.29) is 25.9 Å². The summed E-state index contributed by atoms with van der Waals surface area (Å²) >= 11 is 1.67. The zero-order valence-electron chi connectivity index (χ0n) is 28.4. The van der Waals surface area contributed by atoms with Crippen LogP contribution in [0.1, 0.15) is 32.2 Å². The van der Waals surface area contributed by atoms with Crippen molar-refractivity contribution in [3.05, 3.63) is 139 Å². The molecule has 0 fully saturated rings. The molecule has 0 N–H and O–H groups in total. The summed E-state index contributed by atoms with van der Waals surface area (Å²) < 4.78 is 24.8. The molecule has 239 valence electrons. The fraction of sp³-hybridized carbons (Fsp3) is 0.171. The predicted octanol–water partition coefficient (Wildman–Crippen LogP) is 11.2. The second-order valence-electron chi connectivity index (χ2n) is 12.7. The number of rotatable bonds is 5. The van der Waals surface area contributed by atoms with Gasteiger partial charge in [0.25, 0.3) is 0 Å². The van der Waals surface area contributed by atoms with Crippen molar-refractivity contribution in [1.29, 1.82) is 0 Å². The molecule has 7 rings (SSSR count). The maximum Gasteiger partial charge on any atom is 0.131 e. The normalized spacial score (nSPS) is 11.9. The van der Waals surface area contributed by atoms with Crippen molar-refractivity contribution in [1.82, 2.24) is 9.97 Å². The molecule has 0 unspecified atom stereocenters. The van der Waals surface area contributed by atoms with Gasteiger partial charge >= 0.3 is 0 Å². The number of nitrogens with zero attached hydrogens (tertiary/aromatic N) is 2. The Labute approximate surface area is 297 Å². The average molecular weight is 830 g/mol. The van der Waals surface area contributed by atoms with Crippen molar-refractivity contribution in [2.24, 2.45) is 0 Å². The Morgan fingerprint density at radius 3 is 2.32 bits per heavy atom. The van der Waals surface area contributed by atoms with Crippen molar-refractivity contribution in [2.45, 2.75) is 46.3 Å². The first-order valence-corrected chi connectivity index (χ1v) is 19.7. The minimum Gasteiger partial charge on any atom is -0.305 e. The molecule has 1 radical (unpaired) electrons. The van der Waals surface area contributed by atoms with Crippen LogP contribution in [0.25, 0.3) is 53.8 Å². The summed E-state index contributed by atoms with van der Waals surface area (Å²) in [6.07, 6.45) is 3.81. The molecule has 0 atom stereocenters. The second-order valence-corrected chi connectivity index (χ2v) is 18.8. The van der Waals surface area contributed by atoms with E-state index < -0.39 is 14.0 Å². The summed E-state index contributed by atoms with van der Waals surface area (Å²) in [5, 5.41) is 3.72. The smallest absolute Gasteiger partial charge is 0.131 e. The molecule has 2 nitrogen and oxygen atoms in total. The Morgan fingerprint density at radius 1 is 0.830 bits per heavy atom. The minimum absolute atomic E-state index is 0. The maximum absolute atomic E-state index is 14.3. The van der Waals surface area contributed by atoms with Crippen molar-refractivity contribution in [2.75, 3.05) is 0 Å². The summed E-state index contributed by atoms with van der Waals surface area (Å²) in [5.74, 6) is -0.911. The molecule has 0 bridgehead atoms. The van der Waals surface area contributed by atoms with Gasteiger partial charge in [-0.3, -0.25) is 0 Å². The van der Waals surface area contributed by atoms with E-state index in [4.69, 9.17) is 1.37 Å². The number of thiophene rings is 1. The number of pyridine rings is 2. The van der Waals surface area contributed by atoms with Crippen LogP contribution in [0.3, 0.4) is 0 Å². The van der Waals surface area contributed by atoms with Crippen molar-refractivity contribution < 1.29 is 25.9 Å². The number of aryl methyl sites for hydroxylation is 1. The van der Waals surface area contributed by atoms with E-state index in [1.165, 1.54) is 16.8 Å². The third kappa shape index (κ3) is 7.52. The molecule has 3 heterocycles. The third-order valence-corrected chi connectivity index (χ3v) is 11.4. The van der Waals surface area contributed by atoms with Gasteiger partial charge in [0.15, 0.2) is 0 Å². The standard InChI is InChI=1S/C26H19FNS.C15H18NSi.Ir/c1-16(2)17-12-13-28-24(14-17)22-8-5-7-21-20-11-10-18(15-25(20)29-26(21)22)19-6-3-4-9-23(19)27;1-12-10-14(13-8-6-5-7-9-13)16-11-15(12)17(2,3)4;/h3-7,9-16H,1-2H3;5-8,10-11H,1-4H3;/q2*-1;/i16D;;. The van der Waals surface area contributed by atoms with Gasteiger partial charge in [0, 0.05) is 44.1 Å². The number of hydrogen-bond donors (Lipinski definition) is 0. The molecule has 0 spiro atoms. The van der Waals surface area contributed by atoms with E-state index in [0.29, 0.717) is 5.56 Å². The summed E-state index contributed by atoms with van der Waals surface area (Å²) in [7, 11) is -1.27. The van der Waals surface area contributed by atoms with Crippen LogP contribution in [0.5, 0.6) is 0 Å². The minimum atomic E-state index is -1.27. The molecule has 0 saturated heterocycles. The van der Waals surface area contributed by atoms with Gasteiger partial charge in [-0.15, -0.1) is 59.7 Å². The number of hydrogen-bond acceptors (Lipinski definition) is 3. The van der Waals surface area contributed by atoms with E-state index >= 15 is 0 Å². The topological polar surface area (TPSA) is 25.8 Å². The average Bonchev–Trinajstić information content (AvgIpc) is 3.43. The quantitative estimate of drug-likeness (QED) is 0.128. The summed E-state index contributed by atoms with van der Waals surface area (Å²) in [5.41, 5.74) is 7.59. The van der Waals surface area contributed by atoms with E-state index in [0.717, 1.165) is 53.8 Å². The van der Waals surface area contributed by atoms with Crippen LogP contribution in [0.2, 0.25) is 19.6 Å². The van der Waals surface area contributed by atoms with Crippen molar-refractivity contribution >= 4 is 44.8 Å². The Morgan fingerprint density at radius 2 is 1.62 bits per heavy atom. The summed E-state index contributed by atoms with van der Waals surface area (Å²) in [6.45, 7) is 13.0. The van der Waals surface area contributed by atoms with E-state index in [1.54, 1.807) is 29.7 Å². The van der Waals surface area contributed by atoms with E-state index in [2.05, 4.69) is 85.2 Å². The molecule has 0 aliphatic heterocycles. The first-order chi connectivity index (χ1) is 22.4. The van der Waals surface area contributed by atoms with Crippen LogP contribution < -0.4 is 5.19 Å². The van der Waals surface area contributed by atoms with Crippen LogP contribution >= 0.6 is 11.3 Å². The first kappa shape index (κ1) is 33.1. The number of aromatic nitrogens is 2. The SMILES string of the molecule is Cc1cc(-c2[c-]cccc2)ncc1[Si](C)(C)C.[2H]C(C)(C)c1ccnc(-c2[c-]ccc3c2sc2cc(-c4ccccc4F)ccc23)c1.[Ir]. The predicted molar refractivity (Wildman–Crippen MR) is 197 cm³/mol. The Balaban J connectivity index is 0.000000214. The second kappa shape index (κ2) is 14.5. The molecule has 4 aromatic carbocycles. The molecule has 7 aromatic rings.